The number of methoxy groups -OCH3 is 1. The van der Waals surface area contributed by atoms with E-state index in [4.69, 9.17) is 22.2 Å². The number of halogens is 1. The monoisotopic (exact) mass is 296 g/mol. The summed E-state index contributed by atoms with van der Waals surface area (Å²) in [4.78, 5) is 0. The number of hydrogen-bond acceptors (Lipinski definition) is 4. The molecular formula is C14H17ClN2OS. The summed E-state index contributed by atoms with van der Waals surface area (Å²) in [6.07, 6.45) is 1.66. The highest BCUT2D eigenvalue weighted by atomic mass is 35.5. The molecule has 0 aliphatic rings. The number of ether oxygens (including phenoxy) is 1. The van der Waals surface area contributed by atoms with Gasteiger partial charge in [0.25, 0.3) is 0 Å². The topological polar surface area (TPSA) is 47.3 Å². The predicted molar refractivity (Wildman–Crippen MR) is 80.8 cm³/mol. The van der Waals surface area contributed by atoms with E-state index in [2.05, 4.69) is 22.3 Å². The fourth-order valence-corrected chi connectivity index (χ4v) is 2.93. The van der Waals surface area contributed by atoms with Gasteiger partial charge in [0.2, 0.25) is 0 Å². The molecule has 1 aromatic carbocycles. The minimum atomic E-state index is 0.155. The second kappa shape index (κ2) is 6.91. The van der Waals surface area contributed by atoms with Crippen LogP contribution in [0.1, 0.15) is 11.1 Å². The lowest BCUT2D eigenvalue weighted by atomic mass is 10.0. The van der Waals surface area contributed by atoms with Gasteiger partial charge in [-0.2, -0.15) is 11.3 Å². The molecule has 3 nitrogen and oxygen atoms in total. The van der Waals surface area contributed by atoms with Crippen molar-refractivity contribution in [3.05, 3.63) is 51.2 Å². The Morgan fingerprint density at radius 2 is 2.21 bits per heavy atom. The quantitative estimate of drug-likeness (QED) is 0.636. The van der Waals surface area contributed by atoms with E-state index in [0.29, 0.717) is 5.02 Å². The lowest BCUT2D eigenvalue weighted by molar-refractivity contribution is 0.404. The molecule has 102 valence electrons. The summed E-state index contributed by atoms with van der Waals surface area (Å²) in [7, 11) is 1.66. The van der Waals surface area contributed by atoms with Crippen molar-refractivity contribution in [3.8, 4) is 5.75 Å². The van der Waals surface area contributed by atoms with Crippen molar-refractivity contribution >= 4 is 22.9 Å². The number of nitrogens with one attached hydrogen (secondary N) is 1. The summed E-state index contributed by atoms with van der Waals surface area (Å²) in [6, 6.07) is 7.91. The van der Waals surface area contributed by atoms with Crippen LogP contribution in [0.4, 0.5) is 0 Å². The first-order chi connectivity index (χ1) is 9.22. The van der Waals surface area contributed by atoms with Crippen LogP contribution in [0.2, 0.25) is 5.02 Å². The van der Waals surface area contributed by atoms with Crippen LogP contribution in [0.3, 0.4) is 0 Å². The van der Waals surface area contributed by atoms with E-state index in [1.54, 1.807) is 18.4 Å². The molecule has 0 saturated carbocycles. The fraction of sp³-hybridized carbons (Fsp3) is 0.286. The molecular weight excluding hydrogens is 280 g/mol. The number of hydrazine groups is 1. The van der Waals surface area contributed by atoms with Crippen LogP contribution in [-0.2, 0) is 12.8 Å². The van der Waals surface area contributed by atoms with Gasteiger partial charge in [-0.25, -0.2) is 0 Å². The highest BCUT2D eigenvalue weighted by molar-refractivity contribution is 7.07. The van der Waals surface area contributed by atoms with E-state index in [1.807, 2.05) is 18.2 Å². The van der Waals surface area contributed by atoms with E-state index < -0.39 is 0 Å². The van der Waals surface area contributed by atoms with Gasteiger partial charge in [-0.1, -0.05) is 11.6 Å². The summed E-state index contributed by atoms with van der Waals surface area (Å²) in [5, 5.41) is 4.92. The third-order valence-electron chi connectivity index (χ3n) is 3.01. The molecule has 0 bridgehead atoms. The minimum absolute atomic E-state index is 0.155. The molecule has 0 radical (unpaired) electrons. The van der Waals surface area contributed by atoms with Crippen LogP contribution in [0, 0.1) is 0 Å². The van der Waals surface area contributed by atoms with Gasteiger partial charge in [0.05, 0.1) is 7.11 Å². The van der Waals surface area contributed by atoms with Gasteiger partial charge in [0.1, 0.15) is 5.75 Å². The van der Waals surface area contributed by atoms with Crippen molar-refractivity contribution in [2.45, 2.75) is 18.9 Å². The summed E-state index contributed by atoms with van der Waals surface area (Å²) in [5.74, 6) is 6.49. The van der Waals surface area contributed by atoms with Crippen LogP contribution in [0.25, 0.3) is 0 Å². The van der Waals surface area contributed by atoms with E-state index in [0.717, 1.165) is 24.2 Å². The molecule has 0 saturated heterocycles. The van der Waals surface area contributed by atoms with Crippen molar-refractivity contribution in [3.63, 3.8) is 0 Å². The van der Waals surface area contributed by atoms with E-state index in [-0.39, 0.29) is 6.04 Å². The fourth-order valence-electron chi connectivity index (χ4n) is 2.06. The normalized spacial score (nSPS) is 12.4. The standard InChI is InChI=1S/C14H17ClN2OS/c1-18-14-3-2-12(15)7-11(14)8-13(17-16)6-10-4-5-19-9-10/h2-5,7,9,13,17H,6,8,16H2,1H3. The summed E-state index contributed by atoms with van der Waals surface area (Å²) in [6.45, 7) is 0. The third-order valence-corrected chi connectivity index (χ3v) is 3.97. The van der Waals surface area contributed by atoms with Crippen LogP contribution in [0.5, 0.6) is 5.75 Å². The second-order valence-electron chi connectivity index (χ2n) is 4.36. The SMILES string of the molecule is COc1ccc(Cl)cc1CC(Cc1ccsc1)NN. The number of rotatable bonds is 6. The highest BCUT2D eigenvalue weighted by Crippen LogP contribution is 2.24. The molecule has 0 aliphatic carbocycles. The van der Waals surface area contributed by atoms with Crippen LogP contribution >= 0.6 is 22.9 Å². The second-order valence-corrected chi connectivity index (χ2v) is 5.58. The van der Waals surface area contributed by atoms with Gasteiger partial charge >= 0.3 is 0 Å². The Labute approximate surface area is 122 Å². The highest BCUT2D eigenvalue weighted by Gasteiger charge is 2.13. The molecule has 1 unspecified atom stereocenters. The van der Waals surface area contributed by atoms with E-state index >= 15 is 0 Å². The zero-order chi connectivity index (χ0) is 13.7. The van der Waals surface area contributed by atoms with Crippen molar-refractivity contribution in [2.75, 3.05) is 7.11 Å². The molecule has 3 N–H and O–H groups in total. The van der Waals surface area contributed by atoms with Crippen LogP contribution in [0.15, 0.2) is 35.0 Å². The molecule has 0 aliphatic heterocycles. The Bertz CT molecular complexity index is 516. The van der Waals surface area contributed by atoms with Gasteiger partial charge < -0.3 is 4.74 Å². The third kappa shape index (κ3) is 3.94. The molecule has 2 aromatic rings. The maximum atomic E-state index is 6.04. The van der Waals surface area contributed by atoms with Crippen molar-refractivity contribution in [1.29, 1.82) is 0 Å². The smallest absolute Gasteiger partial charge is 0.122 e. The lowest BCUT2D eigenvalue weighted by Crippen LogP contribution is -2.38. The molecule has 0 spiro atoms. The molecule has 1 heterocycles. The Morgan fingerprint density at radius 3 is 2.84 bits per heavy atom. The zero-order valence-electron chi connectivity index (χ0n) is 10.7. The van der Waals surface area contributed by atoms with Crippen LogP contribution < -0.4 is 16.0 Å². The molecule has 2 rings (SSSR count). The zero-order valence-corrected chi connectivity index (χ0v) is 12.3. The molecule has 19 heavy (non-hydrogen) atoms. The minimum Gasteiger partial charge on any atom is -0.496 e. The Kier molecular flexibility index (Phi) is 5.22. The van der Waals surface area contributed by atoms with Gasteiger partial charge in [-0.05, 0) is 59.0 Å². The van der Waals surface area contributed by atoms with Gasteiger partial charge in [-0.3, -0.25) is 11.3 Å². The molecule has 5 heteroatoms. The number of hydrogen-bond donors (Lipinski definition) is 2. The van der Waals surface area contributed by atoms with Gasteiger partial charge in [-0.15, -0.1) is 0 Å². The van der Waals surface area contributed by atoms with E-state index in [1.165, 1.54) is 5.56 Å². The Hall–Kier alpha value is -1.07. The molecule has 0 amide bonds. The lowest BCUT2D eigenvalue weighted by Gasteiger charge is -2.17. The first-order valence-electron chi connectivity index (χ1n) is 6.02. The maximum Gasteiger partial charge on any atom is 0.122 e. The first-order valence-corrected chi connectivity index (χ1v) is 7.34. The van der Waals surface area contributed by atoms with Gasteiger partial charge in [0.15, 0.2) is 0 Å². The Balaban J connectivity index is 2.11. The molecule has 1 aromatic heterocycles. The summed E-state index contributed by atoms with van der Waals surface area (Å²) in [5.41, 5.74) is 5.21. The Morgan fingerprint density at radius 1 is 1.37 bits per heavy atom. The molecule has 1 atom stereocenters. The van der Waals surface area contributed by atoms with Crippen molar-refractivity contribution < 1.29 is 4.74 Å². The average Bonchev–Trinajstić information content (AvgIpc) is 2.91. The van der Waals surface area contributed by atoms with E-state index in [9.17, 15) is 0 Å². The summed E-state index contributed by atoms with van der Waals surface area (Å²) >= 11 is 7.73. The number of nitrogens with two attached hydrogens (primary N) is 1. The van der Waals surface area contributed by atoms with Crippen LogP contribution in [-0.4, -0.2) is 13.2 Å². The maximum absolute atomic E-state index is 6.04. The number of thiophene rings is 1. The first kappa shape index (κ1) is 14.3. The predicted octanol–water partition coefficient (Wildman–Crippen LogP) is 3.03. The number of benzene rings is 1. The van der Waals surface area contributed by atoms with Crippen molar-refractivity contribution in [2.24, 2.45) is 5.84 Å². The molecule has 0 fully saturated rings. The van der Waals surface area contributed by atoms with Gasteiger partial charge in [0, 0.05) is 11.1 Å². The average molecular weight is 297 g/mol. The van der Waals surface area contributed by atoms with Crippen molar-refractivity contribution in [1.82, 2.24) is 5.43 Å². The summed E-state index contributed by atoms with van der Waals surface area (Å²) < 4.78 is 5.36. The largest absolute Gasteiger partial charge is 0.496 e.